The second-order valence-electron chi connectivity index (χ2n) is 2.16. The molecule has 0 amide bonds. The van der Waals surface area contributed by atoms with Gasteiger partial charge in [-0.15, -0.1) is 0 Å². The second kappa shape index (κ2) is 4.17. The molecule has 1 unspecified atom stereocenters. The standard InChI is InChI=1S/C7H15/c1-4-6-7(3)5-2/h4,7H,5-6H2,1-3H3/q-1. The molecule has 0 heterocycles. The predicted molar refractivity (Wildman–Crippen MR) is 34.0 cm³/mol. The molecule has 7 heavy (non-hydrogen) atoms. The minimum Gasteiger partial charge on any atom is -0.331 e. The molecule has 0 N–H and O–H groups in total. The molecule has 0 aromatic carbocycles. The third kappa shape index (κ3) is 3.84. The van der Waals surface area contributed by atoms with Gasteiger partial charge >= 0.3 is 0 Å². The van der Waals surface area contributed by atoms with Crippen LogP contribution in [0.25, 0.3) is 0 Å². The molecule has 44 valence electrons. The van der Waals surface area contributed by atoms with E-state index in [9.17, 15) is 0 Å². The third-order valence-electron chi connectivity index (χ3n) is 1.33. The van der Waals surface area contributed by atoms with Gasteiger partial charge in [-0.3, -0.25) is 0 Å². The Labute approximate surface area is 46.9 Å². The highest BCUT2D eigenvalue weighted by Crippen LogP contribution is 2.06. The third-order valence-corrected chi connectivity index (χ3v) is 1.33. The van der Waals surface area contributed by atoms with E-state index in [1.165, 1.54) is 12.8 Å². The molecule has 0 aromatic rings. The van der Waals surface area contributed by atoms with Gasteiger partial charge in [-0.05, 0) is 0 Å². The Morgan fingerprint density at radius 3 is 2.29 bits per heavy atom. The SMILES string of the molecule is C[CH-]CC(C)CC. The summed E-state index contributed by atoms with van der Waals surface area (Å²) in [5.41, 5.74) is 0. The van der Waals surface area contributed by atoms with Gasteiger partial charge in [0.15, 0.2) is 0 Å². The van der Waals surface area contributed by atoms with Crippen LogP contribution in [0.4, 0.5) is 0 Å². The van der Waals surface area contributed by atoms with Crippen LogP contribution in [0.5, 0.6) is 0 Å². The molecule has 0 saturated heterocycles. The van der Waals surface area contributed by atoms with Crippen LogP contribution in [-0.4, -0.2) is 0 Å². The number of hydrogen-bond donors (Lipinski definition) is 0. The summed E-state index contributed by atoms with van der Waals surface area (Å²) in [6, 6.07) is 0. The topological polar surface area (TPSA) is 0 Å². The van der Waals surface area contributed by atoms with Gasteiger partial charge in [-0.2, -0.15) is 13.3 Å². The Bertz CT molecular complexity index is 31.0. The van der Waals surface area contributed by atoms with E-state index in [0.29, 0.717) is 0 Å². The normalized spacial score (nSPS) is 14.1. The first-order valence-corrected chi connectivity index (χ1v) is 3.09. The Balaban J connectivity index is 2.83. The van der Waals surface area contributed by atoms with Crippen molar-refractivity contribution in [3.63, 3.8) is 0 Å². The smallest absolute Gasteiger partial charge is 0.0560 e. The molecule has 1 atom stereocenters. The molecule has 0 aliphatic carbocycles. The van der Waals surface area contributed by atoms with Crippen molar-refractivity contribution in [1.82, 2.24) is 0 Å². The van der Waals surface area contributed by atoms with Gasteiger partial charge in [-0.1, -0.05) is 26.2 Å². The summed E-state index contributed by atoms with van der Waals surface area (Å²) >= 11 is 0. The molecule has 0 radical (unpaired) electrons. The summed E-state index contributed by atoms with van der Waals surface area (Å²) in [5.74, 6) is 0.894. The molecule has 0 heteroatoms. The zero-order valence-electron chi connectivity index (χ0n) is 5.57. The molecule has 0 aliphatic heterocycles. The Morgan fingerprint density at radius 1 is 1.57 bits per heavy atom. The summed E-state index contributed by atoms with van der Waals surface area (Å²) in [6.07, 6.45) is 4.81. The van der Waals surface area contributed by atoms with Crippen LogP contribution in [0.2, 0.25) is 0 Å². The first-order valence-electron chi connectivity index (χ1n) is 3.09. The highest BCUT2D eigenvalue weighted by molar-refractivity contribution is 4.60. The average molecular weight is 99.2 g/mol. The molecule has 0 rings (SSSR count). The van der Waals surface area contributed by atoms with Crippen molar-refractivity contribution in [3.05, 3.63) is 6.42 Å². The lowest BCUT2D eigenvalue weighted by molar-refractivity contribution is 0.554. The van der Waals surface area contributed by atoms with Crippen molar-refractivity contribution >= 4 is 0 Å². The van der Waals surface area contributed by atoms with Crippen molar-refractivity contribution in [3.8, 4) is 0 Å². The molecule has 0 bridgehead atoms. The lowest BCUT2D eigenvalue weighted by atomic mass is 10.0. The van der Waals surface area contributed by atoms with E-state index < -0.39 is 0 Å². The van der Waals surface area contributed by atoms with E-state index in [-0.39, 0.29) is 0 Å². The van der Waals surface area contributed by atoms with E-state index >= 15 is 0 Å². The van der Waals surface area contributed by atoms with Crippen LogP contribution in [0.3, 0.4) is 0 Å². The van der Waals surface area contributed by atoms with Gasteiger partial charge < -0.3 is 6.42 Å². The molecule has 0 aliphatic rings. The first kappa shape index (κ1) is 7.00. The zero-order chi connectivity index (χ0) is 5.70. The summed E-state index contributed by atoms with van der Waals surface area (Å²) in [4.78, 5) is 0. The van der Waals surface area contributed by atoms with Crippen LogP contribution >= 0.6 is 0 Å². The molecule has 0 fully saturated rings. The average Bonchev–Trinajstić information content (AvgIpc) is 1.68. The van der Waals surface area contributed by atoms with Crippen LogP contribution in [0, 0.1) is 12.3 Å². The van der Waals surface area contributed by atoms with Crippen molar-refractivity contribution < 1.29 is 0 Å². The fourth-order valence-corrected chi connectivity index (χ4v) is 0.569. The van der Waals surface area contributed by atoms with E-state index in [0.717, 1.165) is 5.92 Å². The summed E-state index contributed by atoms with van der Waals surface area (Å²) in [5, 5.41) is 0. The van der Waals surface area contributed by atoms with Crippen LogP contribution in [0.15, 0.2) is 0 Å². The van der Waals surface area contributed by atoms with Crippen molar-refractivity contribution in [2.75, 3.05) is 0 Å². The van der Waals surface area contributed by atoms with Crippen LogP contribution in [0.1, 0.15) is 33.6 Å². The molecule has 0 saturated carbocycles. The van der Waals surface area contributed by atoms with Crippen LogP contribution < -0.4 is 0 Å². The van der Waals surface area contributed by atoms with Gasteiger partial charge in [0.05, 0.1) is 0 Å². The predicted octanol–water partition coefficient (Wildman–Crippen LogP) is 2.65. The van der Waals surface area contributed by atoms with Gasteiger partial charge in [0, 0.05) is 0 Å². The summed E-state index contributed by atoms with van der Waals surface area (Å²) in [6.45, 7) is 6.63. The van der Waals surface area contributed by atoms with E-state index in [1.54, 1.807) is 0 Å². The highest BCUT2D eigenvalue weighted by atomic mass is 14.0. The van der Waals surface area contributed by atoms with E-state index in [1.807, 2.05) is 0 Å². The first-order chi connectivity index (χ1) is 3.31. The highest BCUT2D eigenvalue weighted by Gasteiger charge is 1.86. The van der Waals surface area contributed by atoms with Gasteiger partial charge in [0.25, 0.3) is 0 Å². The van der Waals surface area contributed by atoms with Gasteiger partial charge in [-0.25, -0.2) is 0 Å². The number of rotatable bonds is 3. The minimum absolute atomic E-state index is 0.894. The van der Waals surface area contributed by atoms with Crippen molar-refractivity contribution in [1.29, 1.82) is 0 Å². The largest absolute Gasteiger partial charge is 0.331 e. The van der Waals surface area contributed by atoms with E-state index in [2.05, 4.69) is 27.2 Å². The molecule has 0 spiro atoms. The zero-order valence-corrected chi connectivity index (χ0v) is 5.57. The molecule has 0 nitrogen and oxygen atoms in total. The minimum atomic E-state index is 0.894. The van der Waals surface area contributed by atoms with Gasteiger partial charge in [0.1, 0.15) is 0 Å². The lowest BCUT2D eigenvalue weighted by Gasteiger charge is -2.10. The maximum absolute atomic E-state index is 2.28. The van der Waals surface area contributed by atoms with Crippen molar-refractivity contribution in [2.24, 2.45) is 5.92 Å². The quantitative estimate of drug-likeness (QED) is 0.477. The molecular weight excluding hydrogens is 84.1 g/mol. The Morgan fingerprint density at radius 2 is 2.14 bits per heavy atom. The Kier molecular flexibility index (Phi) is 4.17. The second-order valence-corrected chi connectivity index (χ2v) is 2.16. The fraction of sp³-hybridized carbons (Fsp3) is 0.857. The monoisotopic (exact) mass is 99.1 g/mol. The number of hydrogen-bond acceptors (Lipinski definition) is 0. The molecule has 0 aromatic heterocycles. The maximum Gasteiger partial charge on any atom is -0.0560 e. The van der Waals surface area contributed by atoms with Crippen LogP contribution in [-0.2, 0) is 0 Å². The molecular formula is C7H15-. The van der Waals surface area contributed by atoms with E-state index in [4.69, 9.17) is 0 Å². The summed E-state index contributed by atoms with van der Waals surface area (Å²) in [7, 11) is 0. The summed E-state index contributed by atoms with van der Waals surface area (Å²) < 4.78 is 0. The maximum atomic E-state index is 2.28. The van der Waals surface area contributed by atoms with Crippen molar-refractivity contribution in [2.45, 2.75) is 33.6 Å². The fourth-order valence-electron chi connectivity index (χ4n) is 0.569. The Hall–Kier alpha value is 0. The lowest BCUT2D eigenvalue weighted by Crippen LogP contribution is -1.88. The van der Waals surface area contributed by atoms with Gasteiger partial charge in [0.2, 0.25) is 0 Å².